The standard InChI is InChI=1S/C33H23NS/c1-22-9-3-2-4-10-23-17-18-25(19-24(23)16-15-22)34-30-13-7-5-11-26(30)28-21-33-29(20-31(28)34)27-12-6-8-14-32(27)35-33/h2-9,11-21H,1,10H2/b4-2-,9-3-,16-15-. The van der Waals surface area contributed by atoms with E-state index in [2.05, 4.69) is 120 Å². The fourth-order valence-electron chi connectivity index (χ4n) is 5.23. The molecule has 0 unspecified atom stereocenters. The zero-order chi connectivity index (χ0) is 23.4. The van der Waals surface area contributed by atoms with Crippen LogP contribution in [0.1, 0.15) is 11.1 Å². The van der Waals surface area contributed by atoms with Crippen molar-refractivity contribution >= 4 is 59.4 Å². The molecule has 1 aliphatic carbocycles. The summed E-state index contributed by atoms with van der Waals surface area (Å²) in [5, 5.41) is 5.25. The summed E-state index contributed by atoms with van der Waals surface area (Å²) in [7, 11) is 0. The van der Waals surface area contributed by atoms with Crippen LogP contribution < -0.4 is 0 Å². The third-order valence-electron chi connectivity index (χ3n) is 6.93. The molecule has 0 radical (unpaired) electrons. The first-order valence-electron chi connectivity index (χ1n) is 11.9. The highest BCUT2D eigenvalue weighted by Gasteiger charge is 2.16. The molecular weight excluding hydrogens is 442 g/mol. The first-order chi connectivity index (χ1) is 17.3. The van der Waals surface area contributed by atoms with E-state index in [-0.39, 0.29) is 0 Å². The van der Waals surface area contributed by atoms with Gasteiger partial charge in [0.15, 0.2) is 0 Å². The smallest absolute Gasteiger partial charge is 0.0548 e. The van der Waals surface area contributed by atoms with E-state index >= 15 is 0 Å². The van der Waals surface area contributed by atoms with Crippen LogP contribution in [0.2, 0.25) is 0 Å². The molecule has 4 aromatic carbocycles. The third-order valence-corrected chi connectivity index (χ3v) is 8.06. The van der Waals surface area contributed by atoms with E-state index in [1.807, 2.05) is 17.4 Å². The Balaban J connectivity index is 1.53. The molecule has 2 heterocycles. The Morgan fingerprint density at radius 2 is 1.51 bits per heavy atom. The molecule has 166 valence electrons. The first-order valence-corrected chi connectivity index (χ1v) is 12.8. The molecule has 0 N–H and O–H groups in total. The van der Waals surface area contributed by atoms with Crippen LogP contribution in [-0.4, -0.2) is 4.57 Å². The minimum absolute atomic E-state index is 0.908. The summed E-state index contributed by atoms with van der Waals surface area (Å²) in [6.45, 7) is 4.15. The zero-order valence-electron chi connectivity index (χ0n) is 19.2. The molecule has 2 heteroatoms. The molecule has 0 fully saturated rings. The molecule has 0 spiro atoms. The van der Waals surface area contributed by atoms with Gasteiger partial charge in [-0.25, -0.2) is 0 Å². The summed E-state index contributed by atoms with van der Waals surface area (Å²) in [5.74, 6) is 0. The predicted octanol–water partition coefficient (Wildman–Crippen LogP) is 9.39. The van der Waals surface area contributed by atoms with Crippen molar-refractivity contribution in [2.24, 2.45) is 0 Å². The van der Waals surface area contributed by atoms with Crippen LogP contribution in [0.25, 0.3) is 53.7 Å². The molecule has 1 nitrogen and oxygen atoms in total. The predicted molar refractivity (Wildman–Crippen MR) is 154 cm³/mol. The fourth-order valence-corrected chi connectivity index (χ4v) is 6.36. The maximum absolute atomic E-state index is 4.15. The van der Waals surface area contributed by atoms with E-state index < -0.39 is 0 Å². The average Bonchev–Trinajstić information content (AvgIpc) is 3.41. The number of para-hydroxylation sites is 1. The van der Waals surface area contributed by atoms with Crippen LogP contribution in [0, 0.1) is 0 Å². The van der Waals surface area contributed by atoms with Crippen LogP contribution in [0.3, 0.4) is 0 Å². The van der Waals surface area contributed by atoms with Crippen LogP contribution >= 0.6 is 11.3 Å². The molecule has 0 bridgehead atoms. The molecule has 1 aliphatic rings. The van der Waals surface area contributed by atoms with E-state index in [9.17, 15) is 0 Å². The van der Waals surface area contributed by atoms with Crippen molar-refractivity contribution in [1.29, 1.82) is 0 Å². The normalized spacial score (nSPS) is 16.6. The largest absolute Gasteiger partial charge is 0.309 e. The van der Waals surface area contributed by atoms with Gasteiger partial charge in [-0.15, -0.1) is 11.3 Å². The zero-order valence-corrected chi connectivity index (χ0v) is 20.1. The van der Waals surface area contributed by atoms with E-state index in [0.717, 1.165) is 12.0 Å². The number of allylic oxidation sites excluding steroid dienone is 6. The van der Waals surface area contributed by atoms with Crippen LogP contribution in [0.5, 0.6) is 0 Å². The number of fused-ring (bicyclic) bond motifs is 7. The number of aromatic nitrogens is 1. The SMILES string of the molecule is C=C1/C=C\C=C/Cc2ccc(-n3c4ccccc4c4cc5sc6ccccc6c5cc43)cc2/C=C\1. The van der Waals surface area contributed by atoms with Gasteiger partial charge in [-0.2, -0.15) is 0 Å². The Bertz CT molecular complexity index is 1890. The molecule has 2 aromatic heterocycles. The molecule has 6 aromatic rings. The Labute approximate surface area is 208 Å². The van der Waals surface area contributed by atoms with E-state index in [1.54, 1.807) is 0 Å². The van der Waals surface area contributed by atoms with Crippen LogP contribution in [-0.2, 0) is 6.42 Å². The van der Waals surface area contributed by atoms with Gasteiger partial charge >= 0.3 is 0 Å². The van der Waals surface area contributed by atoms with E-state index in [1.165, 1.54) is 58.8 Å². The molecule has 0 saturated carbocycles. The van der Waals surface area contributed by atoms with Crippen molar-refractivity contribution in [1.82, 2.24) is 4.57 Å². The summed E-state index contributed by atoms with van der Waals surface area (Å²) >= 11 is 1.88. The Morgan fingerprint density at radius 1 is 0.657 bits per heavy atom. The lowest BCUT2D eigenvalue weighted by Gasteiger charge is -2.12. The molecular formula is C33H23NS. The Hall–Kier alpha value is -4.14. The van der Waals surface area contributed by atoms with Crippen molar-refractivity contribution in [2.45, 2.75) is 6.42 Å². The maximum Gasteiger partial charge on any atom is 0.0548 e. The molecule has 0 amide bonds. The fraction of sp³-hybridized carbons (Fsp3) is 0.0303. The molecule has 0 atom stereocenters. The van der Waals surface area contributed by atoms with Gasteiger partial charge in [-0.05, 0) is 59.5 Å². The van der Waals surface area contributed by atoms with Crippen LogP contribution in [0.15, 0.2) is 121 Å². The first kappa shape index (κ1) is 20.3. The minimum Gasteiger partial charge on any atom is -0.309 e. The maximum atomic E-state index is 4.15. The van der Waals surface area contributed by atoms with Crippen molar-refractivity contribution in [3.8, 4) is 5.69 Å². The lowest BCUT2D eigenvalue weighted by atomic mass is 10.0. The lowest BCUT2D eigenvalue weighted by Crippen LogP contribution is -1.97. The van der Waals surface area contributed by atoms with Gasteiger partial charge in [-0.3, -0.25) is 0 Å². The second-order valence-corrected chi connectivity index (χ2v) is 10.2. The highest BCUT2D eigenvalue weighted by atomic mass is 32.1. The minimum atomic E-state index is 0.908. The van der Waals surface area contributed by atoms with E-state index in [0.29, 0.717) is 0 Å². The monoisotopic (exact) mass is 465 g/mol. The van der Waals surface area contributed by atoms with Gasteiger partial charge in [0.25, 0.3) is 0 Å². The highest BCUT2D eigenvalue weighted by Crippen LogP contribution is 2.40. The lowest BCUT2D eigenvalue weighted by molar-refractivity contribution is 1.16. The molecule has 0 saturated heterocycles. The van der Waals surface area contributed by atoms with Gasteiger partial charge in [-0.1, -0.05) is 85.5 Å². The summed E-state index contributed by atoms with van der Waals surface area (Å²) in [4.78, 5) is 0. The van der Waals surface area contributed by atoms with Gasteiger partial charge in [0.2, 0.25) is 0 Å². The number of hydrogen-bond donors (Lipinski definition) is 0. The summed E-state index contributed by atoms with van der Waals surface area (Å²) in [5.41, 5.74) is 7.21. The summed E-state index contributed by atoms with van der Waals surface area (Å²) in [6.07, 6.45) is 13.6. The molecule has 0 aliphatic heterocycles. The topological polar surface area (TPSA) is 4.93 Å². The van der Waals surface area contributed by atoms with Crippen molar-refractivity contribution in [3.05, 3.63) is 133 Å². The summed E-state index contributed by atoms with van der Waals surface area (Å²) in [6, 6.07) is 29.1. The van der Waals surface area contributed by atoms with Crippen molar-refractivity contribution in [3.63, 3.8) is 0 Å². The Morgan fingerprint density at radius 3 is 2.46 bits per heavy atom. The van der Waals surface area contributed by atoms with Gasteiger partial charge in [0, 0.05) is 36.6 Å². The van der Waals surface area contributed by atoms with Gasteiger partial charge < -0.3 is 4.57 Å². The van der Waals surface area contributed by atoms with Crippen molar-refractivity contribution in [2.75, 3.05) is 0 Å². The number of thiophene rings is 1. The third kappa shape index (κ3) is 3.30. The number of nitrogens with zero attached hydrogens (tertiary/aromatic N) is 1. The number of hydrogen-bond acceptors (Lipinski definition) is 1. The molecule has 7 rings (SSSR count). The quantitative estimate of drug-likeness (QED) is 0.228. The molecule has 35 heavy (non-hydrogen) atoms. The average molecular weight is 466 g/mol. The van der Waals surface area contributed by atoms with Gasteiger partial charge in [0.05, 0.1) is 11.0 Å². The second kappa shape index (κ2) is 7.97. The van der Waals surface area contributed by atoms with Crippen molar-refractivity contribution < 1.29 is 0 Å². The highest BCUT2D eigenvalue weighted by molar-refractivity contribution is 7.25. The van der Waals surface area contributed by atoms with E-state index in [4.69, 9.17) is 0 Å². The number of benzene rings is 4. The number of rotatable bonds is 1. The second-order valence-electron chi connectivity index (χ2n) is 9.10. The van der Waals surface area contributed by atoms with Gasteiger partial charge in [0.1, 0.15) is 0 Å². The summed E-state index contributed by atoms with van der Waals surface area (Å²) < 4.78 is 5.11. The van der Waals surface area contributed by atoms with Crippen LogP contribution in [0.4, 0.5) is 0 Å². The Kier molecular flexibility index (Phi) is 4.61.